The quantitative estimate of drug-likeness (QED) is 0.511. The molecule has 5 fully saturated rings. The zero-order chi connectivity index (χ0) is 22.3. The highest BCUT2D eigenvalue weighted by molar-refractivity contribution is 5.90. The number of hydrogen-bond donors (Lipinski definition) is 0. The molecule has 0 atom stereocenters. The van der Waals surface area contributed by atoms with Crippen molar-refractivity contribution in [2.75, 3.05) is 26.2 Å². The third-order valence-electron chi connectivity index (χ3n) is 8.69. The first-order chi connectivity index (χ1) is 15.5. The summed E-state index contributed by atoms with van der Waals surface area (Å²) in [6.07, 6.45) is 10.1. The molecule has 0 amide bonds. The van der Waals surface area contributed by atoms with E-state index >= 15 is 0 Å². The maximum atomic E-state index is 14.8. The largest absolute Gasteiger partial charge is 0.483 e. The Labute approximate surface area is 189 Å². The normalized spacial score (nSPS) is 34.0. The van der Waals surface area contributed by atoms with Crippen LogP contribution in [0.25, 0.3) is 0 Å². The number of ether oxygens (including phenoxy) is 2. The van der Waals surface area contributed by atoms with Gasteiger partial charge in [-0.05, 0) is 100 Å². The van der Waals surface area contributed by atoms with Gasteiger partial charge in [-0.2, -0.15) is 4.39 Å². The number of nitrogens with zero attached hydrogens (tertiary/aromatic N) is 1. The molecule has 1 aromatic carbocycles. The molecule has 4 saturated carbocycles. The third-order valence-corrected chi connectivity index (χ3v) is 8.69. The molecular formula is C26H35F2NO3. The van der Waals surface area contributed by atoms with Crippen molar-refractivity contribution in [3.05, 3.63) is 29.3 Å². The van der Waals surface area contributed by atoms with Gasteiger partial charge < -0.3 is 9.47 Å². The average molecular weight is 448 g/mol. The molecule has 0 aromatic heterocycles. The van der Waals surface area contributed by atoms with Crippen LogP contribution in [0.15, 0.2) is 12.1 Å². The lowest BCUT2D eigenvalue weighted by Gasteiger charge is -2.60. The number of carbonyl (C=O) groups excluding carboxylic acids is 1. The van der Waals surface area contributed by atoms with E-state index in [2.05, 4.69) is 11.8 Å². The summed E-state index contributed by atoms with van der Waals surface area (Å²) in [7, 11) is 0. The Kier molecular flexibility index (Phi) is 6.17. The van der Waals surface area contributed by atoms with Crippen LogP contribution in [0.2, 0.25) is 0 Å². The maximum Gasteiger partial charge on any atom is 0.338 e. The van der Waals surface area contributed by atoms with Crippen molar-refractivity contribution in [1.82, 2.24) is 4.90 Å². The number of piperidine rings is 1. The lowest BCUT2D eigenvalue weighted by Crippen LogP contribution is -2.60. The van der Waals surface area contributed by atoms with Crippen LogP contribution in [0.4, 0.5) is 8.78 Å². The summed E-state index contributed by atoms with van der Waals surface area (Å²) in [5.41, 5.74) is -0.440. The SMILES string of the molecule is CCC1(Oc2cc(C(=O)OCCN3CCCCC3)cc(F)c2F)C2CC3CC(C2)CC1C3. The van der Waals surface area contributed by atoms with E-state index in [0.29, 0.717) is 18.4 Å². The number of likely N-dealkylation sites (tertiary alicyclic amines) is 1. The van der Waals surface area contributed by atoms with Gasteiger partial charge >= 0.3 is 5.97 Å². The lowest BCUT2D eigenvalue weighted by atomic mass is 9.49. The molecule has 5 aliphatic rings. The van der Waals surface area contributed by atoms with Gasteiger partial charge in [-0.25, -0.2) is 9.18 Å². The van der Waals surface area contributed by atoms with E-state index in [1.165, 1.54) is 31.7 Å². The fourth-order valence-corrected chi connectivity index (χ4v) is 7.29. The van der Waals surface area contributed by atoms with Crippen LogP contribution < -0.4 is 4.74 Å². The molecule has 4 aliphatic carbocycles. The first kappa shape index (κ1) is 22.1. The van der Waals surface area contributed by atoms with E-state index < -0.39 is 23.2 Å². The Morgan fingerprint density at radius 3 is 2.31 bits per heavy atom. The van der Waals surface area contributed by atoms with E-state index in [1.807, 2.05) is 0 Å². The third kappa shape index (κ3) is 4.04. The summed E-state index contributed by atoms with van der Waals surface area (Å²) in [5.74, 6) is -0.550. The minimum atomic E-state index is -1.06. The highest BCUT2D eigenvalue weighted by Gasteiger charge is 2.58. The van der Waals surface area contributed by atoms with Crippen LogP contribution in [0.3, 0.4) is 0 Å². The first-order valence-electron chi connectivity index (χ1n) is 12.6. The first-order valence-corrected chi connectivity index (χ1v) is 12.6. The van der Waals surface area contributed by atoms with E-state index in [4.69, 9.17) is 9.47 Å². The van der Waals surface area contributed by atoms with Crippen molar-refractivity contribution in [2.45, 2.75) is 70.3 Å². The summed E-state index contributed by atoms with van der Waals surface area (Å²) >= 11 is 0. The molecule has 0 spiro atoms. The van der Waals surface area contributed by atoms with Crippen LogP contribution in [0.1, 0.15) is 75.1 Å². The molecule has 32 heavy (non-hydrogen) atoms. The van der Waals surface area contributed by atoms with Gasteiger partial charge in [0.2, 0.25) is 5.82 Å². The maximum absolute atomic E-state index is 14.8. The van der Waals surface area contributed by atoms with Crippen molar-refractivity contribution in [2.24, 2.45) is 23.7 Å². The topological polar surface area (TPSA) is 38.8 Å². The second-order valence-corrected chi connectivity index (χ2v) is 10.5. The molecule has 0 N–H and O–H groups in total. The predicted octanol–water partition coefficient (Wildman–Crippen LogP) is 5.59. The molecule has 0 radical (unpaired) electrons. The smallest absolute Gasteiger partial charge is 0.338 e. The average Bonchev–Trinajstić information content (AvgIpc) is 2.79. The number of halogens is 2. The van der Waals surface area contributed by atoms with Crippen molar-refractivity contribution >= 4 is 5.97 Å². The van der Waals surface area contributed by atoms with Gasteiger partial charge in [0.15, 0.2) is 11.6 Å². The predicted molar refractivity (Wildman–Crippen MR) is 118 cm³/mol. The Balaban J connectivity index is 1.30. The van der Waals surface area contributed by atoms with Crippen molar-refractivity contribution in [3.63, 3.8) is 0 Å². The van der Waals surface area contributed by atoms with Crippen LogP contribution in [0.5, 0.6) is 5.75 Å². The highest BCUT2D eigenvalue weighted by Crippen LogP contribution is 2.60. The van der Waals surface area contributed by atoms with Crippen molar-refractivity contribution < 1.29 is 23.0 Å². The van der Waals surface area contributed by atoms with Crippen LogP contribution >= 0.6 is 0 Å². The van der Waals surface area contributed by atoms with E-state index in [1.54, 1.807) is 0 Å². The van der Waals surface area contributed by atoms with Crippen molar-refractivity contribution in [1.29, 1.82) is 0 Å². The molecule has 1 saturated heterocycles. The number of rotatable bonds is 7. The summed E-state index contributed by atoms with van der Waals surface area (Å²) in [6.45, 7) is 5.05. The Morgan fingerprint density at radius 2 is 1.69 bits per heavy atom. The summed E-state index contributed by atoms with van der Waals surface area (Å²) in [5, 5.41) is 0. The number of hydrogen-bond acceptors (Lipinski definition) is 4. The number of benzene rings is 1. The summed E-state index contributed by atoms with van der Waals surface area (Å²) in [4.78, 5) is 14.9. The second kappa shape index (κ2) is 8.92. The minimum Gasteiger partial charge on any atom is -0.483 e. The number of esters is 1. The van der Waals surface area contributed by atoms with Gasteiger partial charge in [0.25, 0.3) is 0 Å². The van der Waals surface area contributed by atoms with E-state index in [9.17, 15) is 13.6 Å². The summed E-state index contributed by atoms with van der Waals surface area (Å²) < 4.78 is 41.1. The summed E-state index contributed by atoms with van der Waals surface area (Å²) in [6, 6.07) is 2.28. The molecule has 1 heterocycles. The Morgan fingerprint density at radius 1 is 1.03 bits per heavy atom. The Bertz CT molecular complexity index is 824. The zero-order valence-electron chi connectivity index (χ0n) is 19.1. The zero-order valence-corrected chi connectivity index (χ0v) is 19.1. The molecule has 6 rings (SSSR count). The molecule has 0 unspecified atom stereocenters. The lowest BCUT2D eigenvalue weighted by molar-refractivity contribution is -0.159. The molecule has 176 valence electrons. The minimum absolute atomic E-state index is 0.0209. The van der Waals surface area contributed by atoms with Gasteiger partial charge in [-0.1, -0.05) is 13.3 Å². The molecule has 1 aliphatic heterocycles. The molecule has 4 nitrogen and oxygen atoms in total. The van der Waals surface area contributed by atoms with E-state index in [0.717, 1.165) is 63.1 Å². The van der Waals surface area contributed by atoms with Crippen molar-refractivity contribution in [3.8, 4) is 5.75 Å². The molecule has 1 aromatic rings. The van der Waals surface area contributed by atoms with Gasteiger partial charge in [-0.3, -0.25) is 4.90 Å². The van der Waals surface area contributed by atoms with Gasteiger partial charge in [0, 0.05) is 6.54 Å². The molecule has 6 heteroatoms. The van der Waals surface area contributed by atoms with Crippen LogP contribution in [-0.2, 0) is 4.74 Å². The van der Waals surface area contributed by atoms with Crippen LogP contribution in [-0.4, -0.2) is 42.7 Å². The highest BCUT2D eigenvalue weighted by atomic mass is 19.2. The fourth-order valence-electron chi connectivity index (χ4n) is 7.29. The van der Waals surface area contributed by atoms with Gasteiger partial charge in [-0.15, -0.1) is 0 Å². The second-order valence-electron chi connectivity index (χ2n) is 10.5. The standard InChI is InChI=1S/C26H35F2NO3/c1-2-26(20-11-17-10-18(13-20)14-21(26)12-17)32-23-16-19(15-22(27)24(23)28)25(30)31-9-8-29-6-4-3-5-7-29/h15-18,20-21H,2-14H2,1H3. The van der Waals surface area contributed by atoms with Gasteiger partial charge in [0.05, 0.1) is 5.56 Å². The molecular weight excluding hydrogens is 412 g/mol. The fraction of sp³-hybridized carbons (Fsp3) is 0.731. The van der Waals surface area contributed by atoms with Gasteiger partial charge in [0.1, 0.15) is 12.2 Å². The number of carbonyl (C=O) groups is 1. The van der Waals surface area contributed by atoms with E-state index in [-0.39, 0.29) is 17.9 Å². The van der Waals surface area contributed by atoms with Crippen LogP contribution in [0, 0.1) is 35.3 Å². The monoisotopic (exact) mass is 447 g/mol. The molecule has 4 bridgehead atoms. The Hall–Kier alpha value is -1.69.